The number of Topliss-reactive ketones (excluding diaryl/α,β-unsaturated/α-hetero) is 1. The number of benzene rings is 3. The number of carbonyl (C=O) groups is 2. The molecule has 204 valence electrons. The molecule has 1 heterocycles. The molecule has 0 bridgehead atoms. The van der Waals surface area contributed by atoms with Crippen LogP contribution >= 0.6 is 0 Å². The molecule has 39 heavy (non-hydrogen) atoms. The molecule has 0 saturated carbocycles. The highest BCUT2D eigenvalue weighted by molar-refractivity contribution is 6.06. The second-order valence-electron chi connectivity index (χ2n) is 10.2. The maximum Gasteiger partial charge on any atom is 0.254 e. The summed E-state index contributed by atoms with van der Waals surface area (Å²) in [5.74, 6) is -0.170. The van der Waals surface area contributed by atoms with Crippen LogP contribution in [-0.2, 0) is 4.79 Å². The van der Waals surface area contributed by atoms with Crippen molar-refractivity contribution >= 4 is 28.8 Å². The fraction of sp³-hybridized carbons (Fsp3) is 0.333. The molecular formula is C33H38FN3O2. The van der Waals surface area contributed by atoms with Crippen LogP contribution < -0.4 is 15.5 Å². The van der Waals surface area contributed by atoms with Crippen molar-refractivity contribution in [1.29, 1.82) is 0 Å². The number of ketones is 1. The van der Waals surface area contributed by atoms with Gasteiger partial charge in [-0.05, 0) is 93.1 Å². The highest BCUT2D eigenvalue weighted by atomic mass is 19.1. The van der Waals surface area contributed by atoms with Crippen molar-refractivity contribution in [3.63, 3.8) is 0 Å². The van der Waals surface area contributed by atoms with Gasteiger partial charge in [0.1, 0.15) is 11.4 Å². The van der Waals surface area contributed by atoms with Gasteiger partial charge in [0.25, 0.3) is 5.91 Å². The number of hydrogen-bond donors (Lipinski definition) is 1. The summed E-state index contributed by atoms with van der Waals surface area (Å²) < 4.78 is 13.1. The average Bonchev–Trinajstić information content (AvgIpc) is 3.23. The number of nitrogens with zero attached hydrogens (tertiary/aromatic N) is 2. The van der Waals surface area contributed by atoms with Crippen LogP contribution in [0.3, 0.4) is 0 Å². The van der Waals surface area contributed by atoms with E-state index in [1.807, 2.05) is 47.4 Å². The molecule has 3 aromatic carbocycles. The number of nitrogen functional groups attached to an aromatic ring is 1. The SMILES string of the molecule is CCCC1(CCC/C=C\CCCC(=O)c2ccc(F)cc2)C(=O)N(c2cccc(N)c2)CN1c1ccccc1. The summed E-state index contributed by atoms with van der Waals surface area (Å²) in [4.78, 5) is 30.5. The van der Waals surface area contributed by atoms with Crippen LogP contribution in [0.1, 0.15) is 68.6 Å². The minimum atomic E-state index is -0.615. The minimum Gasteiger partial charge on any atom is -0.399 e. The molecule has 1 unspecified atom stereocenters. The Morgan fingerprint density at radius 2 is 1.62 bits per heavy atom. The highest BCUT2D eigenvalue weighted by Gasteiger charge is 2.51. The first-order valence-electron chi connectivity index (χ1n) is 13.9. The van der Waals surface area contributed by atoms with Gasteiger partial charge in [-0.1, -0.05) is 49.8 Å². The van der Waals surface area contributed by atoms with Crippen LogP contribution in [0, 0.1) is 5.82 Å². The molecule has 1 atom stereocenters. The van der Waals surface area contributed by atoms with Crippen molar-refractivity contribution < 1.29 is 14.0 Å². The number of allylic oxidation sites excluding steroid dienone is 2. The van der Waals surface area contributed by atoms with Crippen molar-refractivity contribution in [1.82, 2.24) is 0 Å². The number of amides is 1. The van der Waals surface area contributed by atoms with Crippen LogP contribution in [0.4, 0.5) is 21.5 Å². The lowest BCUT2D eigenvalue weighted by atomic mass is 9.85. The molecule has 1 aliphatic heterocycles. The standard InChI is InChI=1S/C33H38FN3O2/c1-2-22-33(23-11-6-4-3-5-10-17-31(38)26-18-20-27(34)21-19-26)32(39)36(30-16-12-13-28(35)24-30)25-37(33)29-14-8-7-9-15-29/h3-4,7-9,12-16,18-21,24H,2,5-6,10-11,17,22-23,25,35H2,1H3/b4-3-. The third-order valence-electron chi connectivity index (χ3n) is 7.42. The quantitative estimate of drug-likeness (QED) is 0.108. The van der Waals surface area contributed by atoms with Crippen LogP contribution in [0.5, 0.6) is 0 Å². The lowest BCUT2D eigenvalue weighted by molar-refractivity contribution is -0.122. The van der Waals surface area contributed by atoms with Gasteiger partial charge in [-0.2, -0.15) is 0 Å². The number of rotatable bonds is 13. The van der Waals surface area contributed by atoms with E-state index in [0.717, 1.165) is 56.3 Å². The summed E-state index contributed by atoms with van der Waals surface area (Å²) in [5.41, 5.74) is 8.51. The fourth-order valence-electron chi connectivity index (χ4n) is 5.47. The molecule has 0 aliphatic carbocycles. The van der Waals surface area contributed by atoms with Crippen molar-refractivity contribution in [3.8, 4) is 0 Å². The van der Waals surface area contributed by atoms with E-state index in [9.17, 15) is 14.0 Å². The van der Waals surface area contributed by atoms with Gasteiger partial charge in [0.2, 0.25) is 0 Å². The fourth-order valence-corrected chi connectivity index (χ4v) is 5.47. The van der Waals surface area contributed by atoms with Gasteiger partial charge < -0.3 is 10.6 Å². The van der Waals surface area contributed by atoms with E-state index in [4.69, 9.17) is 5.73 Å². The van der Waals surface area contributed by atoms with Gasteiger partial charge in [-0.25, -0.2) is 4.39 Å². The topological polar surface area (TPSA) is 66.6 Å². The summed E-state index contributed by atoms with van der Waals surface area (Å²) in [6.07, 6.45) is 10.5. The zero-order chi connectivity index (χ0) is 27.7. The average molecular weight is 528 g/mol. The first-order valence-corrected chi connectivity index (χ1v) is 13.9. The van der Waals surface area contributed by atoms with Crippen molar-refractivity contribution in [2.24, 2.45) is 0 Å². The minimum absolute atomic E-state index is 0.0374. The zero-order valence-electron chi connectivity index (χ0n) is 22.7. The molecule has 2 N–H and O–H groups in total. The van der Waals surface area contributed by atoms with Gasteiger partial charge in [-0.3, -0.25) is 14.5 Å². The molecule has 4 rings (SSSR count). The Hall–Kier alpha value is -3.93. The van der Waals surface area contributed by atoms with Gasteiger partial charge in [-0.15, -0.1) is 0 Å². The largest absolute Gasteiger partial charge is 0.399 e. The van der Waals surface area contributed by atoms with Crippen LogP contribution in [0.25, 0.3) is 0 Å². The molecule has 1 aliphatic rings. The number of hydrogen-bond acceptors (Lipinski definition) is 4. The molecule has 0 aromatic heterocycles. The highest BCUT2D eigenvalue weighted by Crippen LogP contribution is 2.41. The van der Waals surface area contributed by atoms with Gasteiger partial charge >= 0.3 is 0 Å². The maximum atomic E-state index is 14.1. The summed E-state index contributed by atoms with van der Waals surface area (Å²) in [6, 6.07) is 23.4. The molecule has 5 nitrogen and oxygen atoms in total. The van der Waals surface area contributed by atoms with Crippen molar-refractivity contribution in [3.05, 3.63) is 102 Å². The zero-order valence-corrected chi connectivity index (χ0v) is 22.7. The Bertz CT molecular complexity index is 1280. The summed E-state index contributed by atoms with van der Waals surface area (Å²) in [5, 5.41) is 0. The third-order valence-corrected chi connectivity index (χ3v) is 7.42. The lowest BCUT2D eigenvalue weighted by Gasteiger charge is -2.37. The monoisotopic (exact) mass is 527 g/mol. The molecule has 0 spiro atoms. The Balaban J connectivity index is 1.38. The van der Waals surface area contributed by atoms with Crippen molar-refractivity contribution in [2.75, 3.05) is 22.2 Å². The first kappa shape index (κ1) is 28.1. The molecule has 1 amide bonds. The third kappa shape index (κ3) is 6.75. The van der Waals surface area contributed by atoms with E-state index in [1.54, 1.807) is 0 Å². The molecular weight excluding hydrogens is 489 g/mol. The Morgan fingerprint density at radius 3 is 2.31 bits per heavy atom. The second-order valence-corrected chi connectivity index (χ2v) is 10.2. The maximum absolute atomic E-state index is 14.1. The smallest absolute Gasteiger partial charge is 0.254 e. The van der Waals surface area contributed by atoms with E-state index >= 15 is 0 Å². The van der Waals surface area contributed by atoms with Crippen LogP contribution in [0.2, 0.25) is 0 Å². The van der Waals surface area contributed by atoms with E-state index < -0.39 is 5.54 Å². The van der Waals surface area contributed by atoms with E-state index in [-0.39, 0.29) is 17.5 Å². The van der Waals surface area contributed by atoms with E-state index in [0.29, 0.717) is 24.3 Å². The van der Waals surface area contributed by atoms with Gasteiger partial charge in [0.15, 0.2) is 5.78 Å². The molecule has 1 saturated heterocycles. The molecule has 3 aromatic rings. The molecule has 6 heteroatoms. The number of anilines is 3. The normalized spacial score (nSPS) is 17.3. The molecule has 0 radical (unpaired) electrons. The second kappa shape index (κ2) is 13.2. The molecule has 1 fully saturated rings. The van der Waals surface area contributed by atoms with E-state index in [2.05, 4.69) is 36.1 Å². The lowest BCUT2D eigenvalue weighted by Crippen LogP contribution is -2.49. The van der Waals surface area contributed by atoms with Crippen molar-refractivity contribution in [2.45, 2.75) is 63.8 Å². The number of halogens is 1. The summed E-state index contributed by atoms with van der Waals surface area (Å²) in [7, 11) is 0. The number of nitrogens with two attached hydrogens (primary N) is 1. The summed E-state index contributed by atoms with van der Waals surface area (Å²) >= 11 is 0. The van der Waals surface area contributed by atoms with Crippen LogP contribution in [-0.4, -0.2) is 23.9 Å². The van der Waals surface area contributed by atoms with E-state index in [1.165, 1.54) is 24.3 Å². The van der Waals surface area contributed by atoms with Gasteiger partial charge in [0.05, 0.1) is 6.67 Å². The Labute approximate surface area is 231 Å². The Morgan fingerprint density at radius 1 is 0.923 bits per heavy atom. The first-order chi connectivity index (χ1) is 18.9. The predicted octanol–water partition coefficient (Wildman–Crippen LogP) is 7.54. The number of unbranched alkanes of at least 4 members (excludes halogenated alkanes) is 2. The summed E-state index contributed by atoms with van der Waals surface area (Å²) in [6.45, 7) is 2.62. The Kier molecular flexibility index (Phi) is 9.53. The van der Waals surface area contributed by atoms with Gasteiger partial charge in [0, 0.05) is 29.0 Å². The predicted molar refractivity (Wildman–Crippen MR) is 157 cm³/mol. The van der Waals surface area contributed by atoms with Crippen LogP contribution in [0.15, 0.2) is 91.0 Å². The number of carbonyl (C=O) groups excluding carboxylic acids is 2. The number of para-hydroxylation sites is 1.